The number of nitrogens with zero attached hydrogens (tertiary/aromatic N) is 1. The number of amides is 1. The molecule has 0 unspecified atom stereocenters. The maximum absolute atomic E-state index is 12.7. The highest BCUT2D eigenvalue weighted by atomic mass is 32.2. The zero-order valence-electron chi connectivity index (χ0n) is 19.7. The van der Waals surface area contributed by atoms with Crippen molar-refractivity contribution >= 4 is 15.9 Å². The molecule has 186 valence electrons. The molecule has 0 bridgehead atoms. The Labute approximate surface area is 199 Å². The molecule has 1 aliphatic carbocycles. The zero-order chi connectivity index (χ0) is 25.1. The second kappa shape index (κ2) is 9.89. The Kier molecular flexibility index (Phi) is 7.54. The van der Waals surface area contributed by atoms with Crippen LogP contribution in [-0.2, 0) is 19.9 Å². The van der Waals surface area contributed by atoms with Gasteiger partial charge in [0, 0.05) is 25.6 Å². The first-order valence-electron chi connectivity index (χ1n) is 11.3. The largest absolute Gasteiger partial charge is 0.490 e. The molecule has 1 heterocycles. The molecule has 1 aromatic carbocycles. The van der Waals surface area contributed by atoms with Crippen LogP contribution in [0.25, 0.3) is 11.1 Å². The van der Waals surface area contributed by atoms with E-state index in [1.165, 1.54) is 18.3 Å². The van der Waals surface area contributed by atoms with Crippen molar-refractivity contribution in [3.63, 3.8) is 0 Å². The molecule has 1 saturated carbocycles. The highest BCUT2D eigenvalue weighted by Crippen LogP contribution is 2.31. The first-order chi connectivity index (χ1) is 15.8. The molecule has 9 nitrogen and oxygen atoms in total. The van der Waals surface area contributed by atoms with Gasteiger partial charge in [-0.15, -0.1) is 0 Å². The molecule has 10 heteroatoms. The van der Waals surface area contributed by atoms with Gasteiger partial charge in [0.2, 0.25) is 5.91 Å². The number of pyridine rings is 1. The minimum atomic E-state index is -4.57. The smallest absolute Gasteiger partial charge is 0.285 e. The van der Waals surface area contributed by atoms with E-state index in [2.05, 4.69) is 0 Å². The normalized spacial score (nSPS) is 22.6. The number of aliphatic hydroxyl groups is 2. The van der Waals surface area contributed by atoms with Crippen LogP contribution in [0.5, 0.6) is 5.75 Å². The van der Waals surface area contributed by atoms with Gasteiger partial charge in [-0.1, -0.05) is 19.1 Å². The lowest BCUT2D eigenvalue weighted by Gasteiger charge is -2.33. The average Bonchev–Trinajstić information content (AvgIpc) is 2.75. The van der Waals surface area contributed by atoms with E-state index in [0.29, 0.717) is 40.7 Å². The first kappa shape index (κ1) is 25.9. The highest BCUT2D eigenvalue weighted by Gasteiger charge is 2.40. The molecule has 3 N–H and O–H groups in total. The Morgan fingerprint density at radius 3 is 2.38 bits per heavy atom. The van der Waals surface area contributed by atoms with Crippen molar-refractivity contribution in [1.82, 2.24) is 9.29 Å². The summed E-state index contributed by atoms with van der Waals surface area (Å²) in [7, 11) is -4.57. The number of ether oxygens (including phenoxy) is 1. The second-order valence-electron chi connectivity index (χ2n) is 9.17. The molecule has 1 amide bonds. The molecule has 1 aliphatic rings. The number of hydrogen-bond donors (Lipinski definition) is 3. The third-order valence-corrected chi connectivity index (χ3v) is 7.81. The third kappa shape index (κ3) is 5.86. The van der Waals surface area contributed by atoms with Crippen LogP contribution in [0.15, 0.2) is 47.4 Å². The van der Waals surface area contributed by atoms with Crippen LogP contribution in [0.3, 0.4) is 0 Å². The van der Waals surface area contributed by atoms with Gasteiger partial charge in [-0.05, 0) is 68.4 Å². The van der Waals surface area contributed by atoms with E-state index >= 15 is 0 Å². The van der Waals surface area contributed by atoms with Crippen molar-refractivity contribution in [2.75, 3.05) is 0 Å². The van der Waals surface area contributed by atoms with E-state index in [9.17, 15) is 28.2 Å². The molecule has 1 fully saturated rings. The number of rotatable bonds is 8. The van der Waals surface area contributed by atoms with Gasteiger partial charge in [0.05, 0.1) is 11.7 Å². The zero-order valence-corrected chi connectivity index (χ0v) is 20.5. The van der Waals surface area contributed by atoms with Crippen molar-refractivity contribution in [2.24, 2.45) is 0 Å². The van der Waals surface area contributed by atoms with Crippen LogP contribution in [0, 0.1) is 0 Å². The van der Waals surface area contributed by atoms with E-state index in [0.717, 1.165) is 19.8 Å². The summed E-state index contributed by atoms with van der Waals surface area (Å²) in [6.07, 6.45) is 4.55. The Hall–Kier alpha value is -2.69. The summed E-state index contributed by atoms with van der Waals surface area (Å²) in [6.45, 7) is 4.49. The SMILES string of the molecule is CCCC(=O)NS(=O)(=O)[C@@](C)(O)n1ccc(-c2ccc(OC3CCC(C)(O)CC3)cc2)cc1=O. The lowest BCUT2D eigenvalue weighted by atomic mass is 9.85. The molecular weight excluding hydrogens is 460 g/mol. The minimum Gasteiger partial charge on any atom is -0.490 e. The van der Waals surface area contributed by atoms with E-state index in [-0.39, 0.29) is 12.5 Å². The predicted octanol–water partition coefficient (Wildman–Crippen LogP) is 2.46. The van der Waals surface area contributed by atoms with Crippen molar-refractivity contribution in [2.45, 2.75) is 76.1 Å². The van der Waals surface area contributed by atoms with Crippen molar-refractivity contribution in [3.8, 4) is 16.9 Å². The van der Waals surface area contributed by atoms with Gasteiger partial charge in [0.25, 0.3) is 20.6 Å². The molecule has 0 saturated heterocycles. The van der Waals surface area contributed by atoms with E-state index in [1.54, 1.807) is 31.2 Å². The van der Waals surface area contributed by atoms with Crippen LogP contribution in [0.4, 0.5) is 0 Å². The number of nitrogens with one attached hydrogen (secondary N) is 1. The Morgan fingerprint density at radius 1 is 1.21 bits per heavy atom. The fourth-order valence-electron chi connectivity index (χ4n) is 3.90. The Balaban J connectivity index is 1.74. The summed E-state index contributed by atoms with van der Waals surface area (Å²) in [5.41, 5.74) is -0.133. The summed E-state index contributed by atoms with van der Waals surface area (Å²) in [5, 5.41) is 18.0. The van der Waals surface area contributed by atoms with Crippen molar-refractivity contribution in [3.05, 3.63) is 52.9 Å². The molecule has 0 aliphatic heterocycles. The number of benzene rings is 1. The summed E-state index contributed by atoms with van der Waals surface area (Å²) in [5.74, 6) is -0.0751. The minimum absolute atomic E-state index is 0.0234. The quantitative estimate of drug-likeness (QED) is 0.515. The molecule has 1 aromatic heterocycles. The van der Waals surface area contributed by atoms with Crippen molar-refractivity contribution in [1.29, 1.82) is 0 Å². The Bertz CT molecular complexity index is 1170. The summed E-state index contributed by atoms with van der Waals surface area (Å²) in [4.78, 5) is 24.4. The molecule has 1 atom stereocenters. The summed E-state index contributed by atoms with van der Waals surface area (Å²) < 4.78 is 33.5. The van der Waals surface area contributed by atoms with E-state index in [4.69, 9.17) is 4.74 Å². The number of sulfonamides is 1. The Morgan fingerprint density at radius 2 is 1.82 bits per heavy atom. The molecule has 34 heavy (non-hydrogen) atoms. The van der Waals surface area contributed by atoms with E-state index < -0.39 is 32.1 Å². The number of carbonyl (C=O) groups is 1. The summed E-state index contributed by atoms with van der Waals surface area (Å²) >= 11 is 0. The maximum atomic E-state index is 12.7. The van der Waals surface area contributed by atoms with Gasteiger partial charge < -0.3 is 14.9 Å². The van der Waals surface area contributed by atoms with Crippen molar-refractivity contribution < 1.29 is 28.2 Å². The van der Waals surface area contributed by atoms with Crippen LogP contribution in [-0.4, -0.2) is 40.8 Å². The summed E-state index contributed by atoms with van der Waals surface area (Å²) in [6, 6.07) is 9.88. The van der Waals surface area contributed by atoms with Gasteiger partial charge in [0.1, 0.15) is 5.75 Å². The van der Waals surface area contributed by atoms with Crippen LogP contribution >= 0.6 is 0 Å². The second-order valence-corrected chi connectivity index (χ2v) is 11.2. The third-order valence-electron chi connectivity index (χ3n) is 6.10. The van der Waals surface area contributed by atoms with Gasteiger partial charge in [-0.2, -0.15) is 0 Å². The van der Waals surface area contributed by atoms with E-state index in [1.807, 2.05) is 11.6 Å². The van der Waals surface area contributed by atoms with Gasteiger partial charge in [-0.3, -0.25) is 14.2 Å². The van der Waals surface area contributed by atoms with Crippen LogP contribution in [0.1, 0.15) is 59.3 Å². The standard InChI is InChI=1S/C24H32N2O7S/c1-4-5-21(27)25-34(31,32)24(3,30)26-15-12-18(16-22(26)28)17-6-8-19(9-7-17)33-20-10-13-23(2,29)14-11-20/h6-9,12,15-16,20,29-30H,4-5,10-11,13-14H2,1-3H3,(H,25,27)/t20?,23?,24-/m1/s1. The van der Waals surface area contributed by atoms with Crippen LogP contribution < -0.4 is 15.0 Å². The fraction of sp³-hybridized carbons (Fsp3) is 0.500. The highest BCUT2D eigenvalue weighted by molar-refractivity contribution is 7.90. The molecule has 0 spiro atoms. The number of aromatic nitrogens is 1. The predicted molar refractivity (Wildman–Crippen MR) is 127 cm³/mol. The molecule has 2 aromatic rings. The van der Waals surface area contributed by atoms with Gasteiger partial charge in [-0.25, -0.2) is 13.1 Å². The topological polar surface area (TPSA) is 135 Å². The fourth-order valence-corrected chi connectivity index (χ4v) is 4.91. The van der Waals surface area contributed by atoms with Gasteiger partial charge in [0.15, 0.2) is 0 Å². The average molecular weight is 493 g/mol. The van der Waals surface area contributed by atoms with Gasteiger partial charge >= 0.3 is 0 Å². The number of carbonyl (C=O) groups excluding carboxylic acids is 1. The lowest BCUT2D eigenvalue weighted by molar-refractivity contribution is -0.119. The first-order valence-corrected chi connectivity index (χ1v) is 12.8. The molecule has 0 radical (unpaired) electrons. The lowest BCUT2D eigenvalue weighted by Crippen LogP contribution is -2.51. The maximum Gasteiger partial charge on any atom is 0.285 e. The number of hydrogen-bond acceptors (Lipinski definition) is 7. The molecular formula is C24H32N2O7S. The molecule has 3 rings (SSSR count). The van der Waals surface area contributed by atoms with Crippen LogP contribution in [0.2, 0.25) is 0 Å². The monoisotopic (exact) mass is 492 g/mol.